The first-order valence-corrected chi connectivity index (χ1v) is 7.82. The molecular formula is C10H11BrN2O6S. The molecule has 8 nitrogen and oxygen atoms in total. The molecule has 0 bridgehead atoms. The fourth-order valence-corrected chi connectivity index (χ4v) is 4.64. The van der Waals surface area contributed by atoms with Crippen LogP contribution in [-0.2, 0) is 14.8 Å². The third-order valence-corrected chi connectivity index (χ3v) is 5.75. The zero-order valence-electron chi connectivity index (χ0n) is 10.1. The van der Waals surface area contributed by atoms with Crippen molar-refractivity contribution in [2.45, 2.75) is 23.8 Å². The van der Waals surface area contributed by atoms with Gasteiger partial charge < -0.3 is 15.3 Å². The normalized spacial score (nSPS) is 20.1. The van der Waals surface area contributed by atoms with Gasteiger partial charge in [-0.05, 0) is 28.8 Å². The Balaban J connectivity index is 2.45. The SMILES string of the molecule is NC(=O)C1CCCN1S(=O)(=O)c1cc(C(=O)O)oc1Br. The molecule has 2 heterocycles. The minimum Gasteiger partial charge on any atom is -0.475 e. The summed E-state index contributed by atoms with van der Waals surface area (Å²) in [5.41, 5.74) is 5.18. The Labute approximate surface area is 122 Å². The van der Waals surface area contributed by atoms with Crippen LogP contribution < -0.4 is 5.73 Å². The number of furan rings is 1. The van der Waals surface area contributed by atoms with Crippen molar-refractivity contribution in [3.63, 3.8) is 0 Å². The Morgan fingerprint density at radius 2 is 2.15 bits per heavy atom. The van der Waals surface area contributed by atoms with Gasteiger partial charge in [-0.25, -0.2) is 13.2 Å². The molecule has 3 N–H and O–H groups in total. The molecule has 0 aliphatic carbocycles. The van der Waals surface area contributed by atoms with Crippen LogP contribution in [0.15, 0.2) is 20.0 Å². The summed E-state index contributed by atoms with van der Waals surface area (Å²) in [6.45, 7) is 0.149. The summed E-state index contributed by atoms with van der Waals surface area (Å²) >= 11 is 2.87. The molecule has 1 saturated heterocycles. The van der Waals surface area contributed by atoms with Crippen LogP contribution in [0, 0.1) is 0 Å². The van der Waals surface area contributed by atoms with Crippen LogP contribution in [0.5, 0.6) is 0 Å². The van der Waals surface area contributed by atoms with Crippen LogP contribution >= 0.6 is 15.9 Å². The lowest BCUT2D eigenvalue weighted by molar-refractivity contribution is -0.121. The summed E-state index contributed by atoms with van der Waals surface area (Å²) in [5.74, 6) is -2.63. The number of carboxylic acids is 1. The molecule has 1 aromatic heterocycles. The van der Waals surface area contributed by atoms with E-state index >= 15 is 0 Å². The number of primary amides is 1. The van der Waals surface area contributed by atoms with Gasteiger partial charge in [-0.2, -0.15) is 4.31 Å². The van der Waals surface area contributed by atoms with Gasteiger partial charge in [-0.15, -0.1) is 0 Å². The second-order valence-corrected chi connectivity index (χ2v) is 6.81. The van der Waals surface area contributed by atoms with Crippen molar-refractivity contribution in [3.05, 3.63) is 16.5 Å². The van der Waals surface area contributed by atoms with Crippen molar-refractivity contribution in [1.29, 1.82) is 0 Å². The first-order valence-electron chi connectivity index (χ1n) is 5.59. The number of nitrogens with zero attached hydrogens (tertiary/aromatic N) is 1. The van der Waals surface area contributed by atoms with E-state index in [-0.39, 0.29) is 16.1 Å². The molecule has 20 heavy (non-hydrogen) atoms. The topological polar surface area (TPSA) is 131 Å². The van der Waals surface area contributed by atoms with Crippen LogP contribution in [0.1, 0.15) is 23.4 Å². The molecule has 10 heteroatoms. The van der Waals surface area contributed by atoms with Crippen molar-refractivity contribution in [3.8, 4) is 0 Å². The van der Waals surface area contributed by atoms with Gasteiger partial charge in [-0.1, -0.05) is 0 Å². The van der Waals surface area contributed by atoms with Crippen molar-refractivity contribution in [2.75, 3.05) is 6.54 Å². The van der Waals surface area contributed by atoms with Crippen LogP contribution in [0.25, 0.3) is 0 Å². The smallest absolute Gasteiger partial charge is 0.371 e. The number of amides is 1. The third-order valence-electron chi connectivity index (χ3n) is 2.99. The Hall–Kier alpha value is -1.39. The molecule has 0 saturated carbocycles. The number of carboxylic acid groups (broad SMARTS) is 1. The van der Waals surface area contributed by atoms with E-state index in [1.54, 1.807) is 0 Å². The fraction of sp³-hybridized carbons (Fsp3) is 0.400. The van der Waals surface area contributed by atoms with Gasteiger partial charge in [0.15, 0.2) is 4.67 Å². The maximum atomic E-state index is 12.4. The highest BCUT2D eigenvalue weighted by Gasteiger charge is 2.40. The van der Waals surface area contributed by atoms with Gasteiger partial charge in [0.25, 0.3) is 0 Å². The summed E-state index contributed by atoms with van der Waals surface area (Å²) in [5, 5.41) is 8.80. The molecule has 0 spiro atoms. The van der Waals surface area contributed by atoms with Gasteiger partial charge in [0.2, 0.25) is 21.7 Å². The van der Waals surface area contributed by atoms with Crippen molar-refractivity contribution >= 4 is 37.8 Å². The minimum atomic E-state index is -4.05. The third kappa shape index (κ3) is 2.45. The number of carbonyl (C=O) groups is 2. The van der Waals surface area contributed by atoms with E-state index in [2.05, 4.69) is 15.9 Å². The highest BCUT2D eigenvalue weighted by atomic mass is 79.9. The number of aromatic carboxylic acids is 1. The standard InChI is InChI=1S/C10H11BrN2O6S/c11-8-7(4-6(19-8)10(15)16)20(17,18)13-3-1-2-5(13)9(12)14/h4-5H,1-3H2,(H2,12,14)(H,15,16). The summed E-state index contributed by atoms with van der Waals surface area (Å²) in [7, 11) is -4.05. The highest BCUT2D eigenvalue weighted by molar-refractivity contribution is 9.10. The quantitative estimate of drug-likeness (QED) is 0.791. The number of hydrogen-bond donors (Lipinski definition) is 2. The number of halogens is 1. The lowest BCUT2D eigenvalue weighted by atomic mass is 10.2. The van der Waals surface area contributed by atoms with E-state index in [0.29, 0.717) is 12.8 Å². The summed E-state index contributed by atoms with van der Waals surface area (Å²) in [6, 6.07) is -0.0203. The summed E-state index contributed by atoms with van der Waals surface area (Å²) in [4.78, 5) is 21.7. The number of nitrogens with two attached hydrogens (primary N) is 1. The Kier molecular flexibility index (Phi) is 3.89. The van der Waals surface area contributed by atoms with E-state index in [4.69, 9.17) is 15.3 Å². The number of carbonyl (C=O) groups excluding carboxylic acids is 1. The molecule has 0 radical (unpaired) electrons. The van der Waals surface area contributed by atoms with Crippen LogP contribution in [0.3, 0.4) is 0 Å². The Bertz CT molecular complexity index is 667. The lowest BCUT2D eigenvalue weighted by Crippen LogP contribution is -2.43. The van der Waals surface area contributed by atoms with Gasteiger partial charge in [0.05, 0.1) is 0 Å². The highest BCUT2D eigenvalue weighted by Crippen LogP contribution is 2.32. The fourth-order valence-electron chi connectivity index (χ4n) is 2.07. The van der Waals surface area contributed by atoms with E-state index in [1.165, 1.54) is 0 Å². The largest absolute Gasteiger partial charge is 0.475 e. The molecule has 0 aromatic carbocycles. The molecular weight excluding hydrogens is 356 g/mol. The molecule has 110 valence electrons. The predicted octanol–water partition coefficient (Wildman–Crippen LogP) is 0.379. The first kappa shape index (κ1) is 15.0. The maximum Gasteiger partial charge on any atom is 0.371 e. The van der Waals surface area contributed by atoms with Crippen molar-refractivity contribution in [1.82, 2.24) is 4.31 Å². The molecule has 1 aromatic rings. The van der Waals surface area contributed by atoms with Gasteiger partial charge in [-0.3, -0.25) is 4.79 Å². The summed E-state index contributed by atoms with van der Waals surface area (Å²) < 4.78 is 30.4. The zero-order valence-corrected chi connectivity index (χ0v) is 12.5. The average Bonchev–Trinajstić information content (AvgIpc) is 2.94. The van der Waals surface area contributed by atoms with Crippen LogP contribution in [-0.4, -0.2) is 42.3 Å². The van der Waals surface area contributed by atoms with Crippen molar-refractivity contribution < 1.29 is 27.5 Å². The Morgan fingerprint density at radius 3 is 2.65 bits per heavy atom. The summed E-state index contributed by atoms with van der Waals surface area (Å²) in [6.07, 6.45) is 0.851. The molecule has 1 unspecified atom stereocenters. The van der Waals surface area contributed by atoms with Gasteiger partial charge in [0.1, 0.15) is 10.9 Å². The molecule has 1 fully saturated rings. The zero-order chi connectivity index (χ0) is 15.1. The maximum absolute atomic E-state index is 12.4. The number of rotatable bonds is 4. The van der Waals surface area contributed by atoms with E-state index in [1.807, 2.05) is 0 Å². The molecule has 2 rings (SSSR count). The van der Waals surface area contributed by atoms with E-state index < -0.39 is 33.7 Å². The molecule has 1 aliphatic rings. The van der Waals surface area contributed by atoms with E-state index in [9.17, 15) is 18.0 Å². The van der Waals surface area contributed by atoms with Crippen LogP contribution in [0.2, 0.25) is 0 Å². The van der Waals surface area contributed by atoms with E-state index in [0.717, 1.165) is 10.4 Å². The predicted molar refractivity (Wildman–Crippen MR) is 69.5 cm³/mol. The van der Waals surface area contributed by atoms with Gasteiger partial charge >= 0.3 is 5.97 Å². The minimum absolute atomic E-state index is 0.149. The molecule has 1 amide bonds. The molecule has 1 aliphatic heterocycles. The second-order valence-electron chi connectivity index (χ2n) is 4.23. The number of sulfonamides is 1. The Morgan fingerprint density at radius 1 is 1.50 bits per heavy atom. The lowest BCUT2D eigenvalue weighted by Gasteiger charge is -2.20. The monoisotopic (exact) mass is 366 g/mol. The molecule has 1 atom stereocenters. The first-order chi connectivity index (χ1) is 9.25. The second kappa shape index (κ2) is 5.19. The van der Waals surface area contributed by atoms with Crippen LogP contribution in [0.4, 0.5) is 0 Å². The number of hydrogen-bond acceptors (Lipinski definition) is 5. The van der Waals surface area contributed by atoms with Crippen molar-refractivity contribution in [2.24, 2.45) is 5.73 Å². The average molecular weight is 367 g/mol. The van der Waals surface area contributed by atoms with Gasteiger partial charge in [0, 0.05) is 12.6 Å².